The molecule has 2 unspecified atom stereocenters. The lowest BCUT2D eigenvalue weighted by Crippen LogP contribution is -2.27. The van der Waals surface area contributed by atoms with E-state index in [2.05, 4.69) is 31.4 Å². The van der Waals surface area contributed by atoms with Gasteiger partial charge in [-0.3, -0.25) is 9.59 Å². The molecule has 9 heteroatoms. The second-order valence-corrected chi connectivity index (χ2v) is 14.4. The van der Waals surface area contributed by atoms with Crippen molar-refractivity contribution >= 4 is 63.2 Å². The molecule has 0 bridgehead atoms. The number of esters is 1. The van der Waals surface area contributed by atoms with Gasteiger partial charge in [-0.15, -0.1) is 23.1 Å². The van der Waals surface area contributed by atoms with Gasteiger partial charge >= 0.3 is 5.97 Å². The lowest BCUT2D eigenvalue weighted by molar-refractivity contribution is -0.116. The molecule has 42 heavy (non-hydrogen) atoms. The van der Waals surface area contributed by atoms with Crippen molar-refractivity contribution in [2.24, 2.45) is 11.3 Å². The Morgan fingerprint density at radius 3 is 2.50 bits per heavy atom. The summed E-state index contributed by atoms with van der Waals surface area (Å²) in [5.41, 5.74) is 3.25. The average Bonchev–Trinajstić information content (AvgIpc) is 3.30. The summed E-state index contributed by atoms with van der Waals surface area (Å²) >= 11 is 8.89. The van der Waals surface area contributed by atoms with Crippen molar-refractivity contribution in [1.29, 1.82) is 0 Å². The van der Waals surface area contributed by atoms with Gasteiger partial charge in [0.25, 0.3) is 0 Å². The van der Waals surface area contributed by atoms with Crippen LogP contribution in [0.25, 0.3) is 0 Å². The number of halogens is 1. The first-order chi connectivity index (χ1) is 20.0. The Morgan fingerprint density at radius 2 is 1.83 bits per heavy atom. The molecule has 224 valence electrons. The van der Waals surface area contributed by atoms with Crippen molar-refractivity contribution in [3.63, 3.8) is 0 Å². The normalized spacial score (nSPS) is 15.4. The van der Waals surface area contributed by atoms with Gasteiger partial charge in [-0.1, -0.05) is 57.5 Å². The minimum absolute atomic E-state index is 0.133. The Morgan fingerprint density at radius 1 is 1.10 bits per heavy atom. The maximum atomic E-state index is 13.6. The van der Waals surface area contributed by atoms with E-state index in [0.29, 0.717) is 33.6 Å². The van der Waals surface area contributed by atoms with Crippen molar-refractivity contribution in [3.8, 4) is 0 Å². The quantitative estimate of drug-likeness (QED) is 0.174. The lowest BCUT2D eigenvalue weighted by atomic mass is 9.72. The molecule has 0 saturated carbocycles. The molecular formula is C33H39ClN2O4S2. The minimum atomic E-state index is -0.387. The number of anilines is 2. The van der Waals surface area contributed by atoms with E-state index in [1.165, 1.54) is 28.0 Å². The number of hydrogen-bond acceptors (Lipinski definition) is 6. The monoisotopic (exact) mass is 626 g/mol. The van der Waals surface area contributed by atoms with E-state index < -0.39 is 0 Å². The van der Waals surface area contributed by atoms with Crippen LogP contribution in [-0.2, 0) is 33.6 Å². The number of nitrogens with one attached hydrogen (secondary N) is 2. The van der Waals surface area contributed by atoms with Gasteiger partial charge in [0, 0.05) is 20.5 Å². The lowest BCUT2D eigenvalue weighted by Gasteiger charge is -2.33. The molecule has 6 nitrogen and oxygen atoms in total. The maximum absolute atomic E-state index is 13.6. The molecule has 0 radical (unpaired) electrons. The summed E-state index contributed by atoms with van der Waals surface area (Å²) in [5, 5.41) is 6.86. The molecule has 0 saturated heterocycles. The number of benzene rings is 2. The zero-order valence-electron chi connectivity index (χ0n) is 24.8. The highest BCUT2D eigenvalue weighted by Crippen LogP contribution is 2.45. The summed E-state index contributed by atoms with van der Waals surface area (Å²) in [7, 11) is 0. The molecule has 0 fully saturated rings. The van der Waals surface area contributed by atoms with Crippen LogP contribution in [0.1, 0.15) is 73.8 Å². The van der Waals surface area contributed by atoms with Crippen molar-refractivity contribution < 1.29 is 19.1 Å². The topological polar surface area (TPSA) is 84.5 Å². The predicted molar refractivity (Wildman–Crippen MR) is 174 cm³/mol. The zero-order valence-corrected chi connectivity index (χ0v) is 27.2. The molecule has 3 aromatic rings. The van der Waals surface area contributed by atoms with Crippen molar-refractivity contribution in [1.82, 2.24) is 0 Å². The second-order valence-electron chi connectivity index (χ2n) is 11.6. The molecular weight excluding hydrogens is 588 g/mol. The number of hydrogen-bond donors (Lipinski definition) is 2. The standard InChI is InChI=1S/C33H39ClN2O4S2/c1-6-26(41-24-10-8-9-23(19-24)35-28(37)17-20-11-14-22(34)15-12-20)30(38)36-31-29(32(39)40-7-2)25-16-13-21(33(3,4)5)18-27(25)42-31/h8-12,14-15,19,21,26H,6-7,13,16-18H2,1-5H3,(H,35,37)(H,36,38). The van der Waals surface area contributed by atoms with Crippen LogP contribution < -0.4 is 10.6 Å². The first kappa shape index (κ1) is 32.1. The van der Waals surface area contributed by atoms with E-state index in [9.17, 15) is 14.4 Å². The number of rotatable bonds is 10. The molecule has 0 spiro atoms. The first-order valence-electron chi connectivity index (χ1n) is 14.4. The second kappa shape index (κ2) is 14.1. The third kappa shape index (κ3) is 8.17. The summed E-state index contributed by atoms with van der Waals surface area (Å²) in [6.07, 6.45) is 3.54. The molecule has 0 aliphatic heterocycles. The molecule has 1 aliphatic rings. The number of carbonyl (C=O) groups is 3. The average molecular weight is 627 g/mol. The summed E-state index contributed by atoms with van der Waals surface area (Å²) in [4.78, 5) is 41.2. The smallest absolute Gasteiger partial charge is 0.341 e. The first-order valence-corrected chi connectivity index (χ1v) is 16.5. The number of fused-ring (bicyclic) bond motifs is 1. The van der Waals surface area contributed by atoms with Crippen LogP contribution >= 0.6 is 34.7 Å². The number of thiophene rings is 1. The summed E-state index contributed by atoms with van der Waals surface area (Å²) in [5.74, 6) is -0.148. The van der Waals surface area contributed by atoms with Crippen LogP contribution in [0.15, 0.2) is 53.4 Å². The molecule has 1 aromatic heterocycles. The minimum Gasteiger partial charge on any atom is -0.462 e. The van der Waals surface area contributed by atoms with Gasteiger partial charge in [0.2, 0.25) is 11.8 Å². The fourth-order valence-corrected chi connectivity index (χ4v) is 7.61. The number of ether oxygens (including phenoxy) is 1. The summed E-state index contributed by atoms with van der Waals surface area (Å²) < 4.78 is 5.41. The Kier molecular flexibility index (Phi) is 10.8. The van der Waals surface area contributed by atoms with Crippen molar-refractivity contribution in [2.75, 3.05) is 17.2 Å². The third-order valence-electron chi connectivity index (χ3n) is 7.54. The molecule has 2 atom stereocenters. The Labute approximate surface area is 262 Å². The summed E-state index contributed by atoms with van der Waals surface area (Å²) in [6, 6.07) is 14.7. The van der Waals surface area contributed by atoms with Crippen LogP contribution in [0.2, 0.25) is 5.02 Å². The fourth-order valence-electron chi connectivity index (χ4n) is 5.15. The zero-order chi connectivity index (χ0) is 30.4. The van der Waals surface area contributed by atoms with E-state index in [1.807, 2.05) is 43.3 Å². The van der Waals surface area contributed by atoms with Crippen LogP contribution in [0.5, 0.6) is 0 Å². The highest BCUT2D eigenvalue weighted by Gasteiger charge is 2.35. The van der Waals surface area contributed by atoms with Gasteiger partial charge in [-0.2, -0.15) is 0 Å². The van der Waals surface area contributed by atoms with Crippen LogP contribution in [0, 0.1) is 11.3 Å². The SMILES string of the molecule is CCOC(=O)c1c(NC(=O)C(CC)Sc2cccc(NC(=O)Cc3ccc(Cl)cc3)c2)sc2c1CCC(C(C)(C)C)C2. The highest BCUT2D eigenvalue weighted by atomic mass is 35.5. The number of amides is 2. The van der Waals surface area contributed by atoms with E-state index in [1.54, 1.807) is 19.1 Å². The fraction of sp³-hybridized carbons (Fsp3) is 0.424. The van der Waals surface area contributed by atoms with Gasteiger partial charge in [0.1, 0.15) is 5.00 Å². The maximum Gasteiger partial charge on any atom is 0.341 e. The molecule has 2 amide bonds. The van der Waals surface area contributed by atoms with Crippen molar-refractivity contribution in [3.05, 3.63) is 75.1 Å². The molecule has 4 rings (SSSR count). The van der Waals surface area contributed by atoms with Gasteiger partial charge < -0.3 is 15.4 Å². The molecule has 1 heterocycles. The molecule has 2 aromatic carbocycles. The largest absolute Gasteiger partial charge is 0.462 e. The molecule has 1 aliphatic carbocycles. The van der Waals surface area contributed by atoms with Crippen LogP contribution in [0.4, 0.5) is 10.7 Å². The van der Waals surface area contributed by atoms with Gasteiger partial charge in [-0.05, 0) is 85.4 Å². The van der Waals surface area contributed by atoms with E-state index in [-0.39, 0.29) is 41.5 Å². The third-order valence-corrected chi connectivity index (χ3v) is 10.3. The summed E-state index contributed by atoms with van der Waals surface area (Å²) in [6.45, 7) is 10.8. The predicted octanol–water partition coefficient (Wildman–Crippen LogP) is 8.42. The van der Waals surface area contributed by atoms with Gasteiger partial charge in [-0.25, -0.2) is 4.79 Å². The van der Waals surface area contributed by atoms with E-state index in [0.717, 1.165) is 35.3 Å². The van der Waals surface area contributed by atoms with Crippen LogP contribution in [0.3, 0.4) is 0 Å². The Balaban J connectivity index is 1.46. The number of carbonyl (C=O) groups excluding carboxylic acids is 3. The Bertz CT molecular complexity index is 1430. The van der Waals surface area contributed by atoms with Gasteiger partial charge in [0.15, 0.2) is 0 Å². The van der Waals surface area contributed by atoms with Crippen LogP contribution in [-0.4, -0.2) is 29.6 Å². The number of thioether (sulfide) groups is 1. The molecule has 2 N–H and O–H groups in total. The van der Waals surface area contributed by atoms with E-state index >= 15 is 0 Å². The van der Waals surface area contributed by atoms with Crippen molar-refractivity contribution in [2.45, 2.75) is 76.9 Å². The Hall–Kier alpha value is -2.81. The van der Waals surface area contributed by atoms with E-state index in [4.69, 9.17) is 16.3 Å². The van der Waals surface area contributed by atoms with Gasteiger partial charge in [0.05, 0.1) is 23.8 Å². The highest BCUT2D eigenvalue weighted by molar-refractivity contribution is 8.00.